The zero-order chi connectivity index (χ0) is 23.5. The van der Waals surface area contributed by atoms with Crippen molar-refractivity contribution in [1.29, 1.82) is 0 Å². The zero-order valence-corrected chi connectivity index (χ0v) is 19.1. The lowest BCUT2D eigenvalue weighted by molar-refractivity contribution is 0.118. The molecule has 2 rings (SSSR count). The predicted molar refractivity (Wildman–Crippen MR) is 114 cm³/mol. The molecule has 2 aromatic rings. The van der Waals surface area contributed by atoms with Crippen molar-refractivity contribution in [3.63, 3.8) is 0 Å². The molecule has 4 N–H and O–H groups in total. The van der Waals surface area contributed by atoms with Crippen LogP contribution in [0, 0.1) is 25.7 Å². The normalized spacial score (nSPS) is 11.4. The van der Waals surface area contributed by atoms with Gasteiger partial charge < -0.3 is 10.2 Å². The first-order valence-corrected chi connectivity index (χ1v) is 11.9. The van der Waals surface area contributed by atoms with Gasteiger partial charge in [-0.05, 0) is 44.0 Å². The van der Waals surface area contributed by atoms with E-state index in [1.54, 1.807) is 24.3 Å². The number of benzene rings is 2. The van der Waals surface area contributed by atoms with E-state index in [0.717, 1.165) is 11.1 Å². The predicted octanol–water partition coefficient (Wildman–Crippen LogP) is 2.73. The fourth-order valence-electron chi connectivity index (χ4n) is 1.90. The maximum atomic E-state index is 10.5. The third kappa shape index (κ3) is 11.4. The molecule has 0 aromatic heterocycles. The summed E-state index contributed by atoms with van der Waals surface area (Å²) in [7, 11) is -8.04. The van der Waals surface area contributed by atoms with Crippen molar-refractivity contribution in [2.45, 2.75) is 37.5 Å². The monoisotopic (exact) mass is 462 g/mol. The van der Waals surface area contributed by atoms with Crippen LogP contribution in [-0.2, 0) is 20.2 Å². The van der Waals surface area contributed by atoms with Crippen molar-refractivity contribution in [3.05, 3.63) is 59.7 Å². The number of hydrogen-bond acceptors (Lipinski definition) is 6. The third-order valence-corrected chi connectivity index (χ3v) is 5.79. The van der Waals surface area contributed by atoms with Crippen LogP contribution in [0.2, 0.25) is 0 Å². The van der Waals surface area contributed by atoms with Crippen molar-refractivity contribution in [1.82, 2.24) is 0 Å². The molecule has 0 aliphatic heterocycles. The van der Waals surface area contributed by atoms with Crippen LogP contribution in [0.5, 0.6) is 0 Å². The van der Waals surface area contributed by atoms with Gasteiger partial charge in [0, 0.05) is 19.1 Å². The maximum Gasteiger partial charge on any atom is 0.294 e. The average molecular weight is 463 g/mol. The second-order valence-electron chi connectivity index (χ2n) is 6.95. The molecule has 8 nitrogen and oxygen atoms in total. The quantitative estimate of drug-likeness (QED) is 0.496. The van der Waals surface area contributed by atoms with E-state index < -0.39 is 20.2 Å². The molecule has 170 valence electrons. The van der Waals surface area contributed by atoms with Gasteiger partial charge in [-0.1, -0.05) is 49.2 Å². The smallest absolute Gasteiger partial charge is 0.294 e. The molecule has 2 aromatic carbocycles. The van der Waals surface area contributed by atoms with Gasteiger partial charge in [0.25, 0.3) is 20.2 Å². The molecule has 0 unspecified atom stereocenters. The summed E-state index contributed by atoms with van der Waals surface area (Å²) in [6.07, 6.45) is 0. The van der Waals surface area contributed by atoms with E-state index in [1.165, 1.54) is 24.3 Å². The van der Waals surface area contributed by atoms with E-state index in [0.29, 0.717) is 5.92 Å². The summed E-state index contributed by atoms with van der Waals surface area (Å²) >= 11 is 0. The summed E-state index contributed by atoms with van der Waals surface area (Å²) in [6.45, 7) is 7.83. The van der Waals surface area contributed by atoms with Crippen molar-refractivity contribution in [3.8, 4) is 0 Å². The van der Waals surface area contributed by atoms with Gasteiger partial charge in [0.2, 0.25) is 0 Å². The van der Waals surface area contributed by atoms with Crippen molar-refractivity contribution in [2.24, 2.45) is 11.8 Å². The molecular weight excluding hydrogens is 432 g/mol. The van der Waals surface area contributed by atoms with Gasteiger partial charge in [-0.2, -0.15) is 16.8 Å². The molecule has 0 radical (unpaired) electrons. The first kappa shape index (κ1) is 28.2. The van der Waals surface area contributed by atoms with Crippen LogP contribution in [0.4, 0.5) is 0 Å². The van der Waals surface area contributed by atoms with Crippen LogP contribution < -0.4 is 0 Å². The van der Waals surface area contributed by atoms with E-state index in [9.17, 15) is 16.8 Å². The fraction of sp³-hybridized carbons (Fsp3) is 0.400. The van der Waals surface area contributed by atoms with Gasteiger partial charge in [0.15, 0.2) is 0 Å². The van der Waals surface area contributed by atoms with Gasteiger partial charge in [-0.3, -0.25) is 9.11 Å². The highest BCUT2D eigenvalue weighted by atomic mass is 32.2. The third-order valence-electron chi connectivity index (χ3n) is 4.05. The Morgan fingerprint density at radius 2 is 0.933 bits per heavy atom. The SMILES string of the molecule is CC(C)C(CO)CO.Cc1ccc(S(=O)(=O)O)cc1.Cc1ccc(S(=O)(=O)O)cc1. The zero-order valence-electron chi connectivity index (χ0n) is 17.4. The van der Waals surface area contributed by atoms with Crippen LogP contribution in [0.1, 0.15) is 25.0 Å². The summed E-state index contributed by atoms with van der Waals surface area (Å²) < 4.78 is 59.1. The Labute approximate surface area is 178 Å². The Bertz CT molecular complexity index is 871. The topological polar surface area (TPSA) is 149 Å². The average Bonchev–Trinajstić information content (AvgIpc) is 2.63. The summed E-state index contributed by atoms with van der Waals surface area (Å²) in [5.74, 6) is 0.444. The largest absolute Gasteiger partial charge is 0.396 e. The minimum Gasteiger partial charge on any atom is -0.396 e. The molecule has 0 bridgehead atoms. The van der Waals surface area contributed by atoms with E-state index in [-0.39, 0.29) is 28.9 Å². The standard InChI is InChI=1S/2C7H8O3S.C6H14O2/c2*1-6-2-4-7(5-3-6)11(8,9)10;1-5(2)6(3-7)4-8/h2*2-5H,1H3,(H,8,9,10);5-8H,3-4H2,1-2H3. The van der Waals surface area contributed by atoms with Gasteiger partial charge in [0.1, 0.15) is 0 Å². The summed E-state index contributed by atoms with van der Waals surface area (Å²) in [5, 5.41) is 17.1. The molecule has 10 heteroatoms. The summed E-state index contributed by atoms with van der Waals surface area (Å²) in [6, 6.07) is 12.0. The molecule has 0 aliphatic rings. The van der Waals surface area contributed by atoms with E-state index >= 15 is 0 Å². The molecule has 0 heterocycles. The van der Waals surface area contributed by atoms with Gasteiger partial charge in [-0.25, -0.2) is 0 Å². The minimum atomic E-state index is -4.02. The number of hydrogen-bond donors (Lipinski definition) is 4. The lowest BCUT2D eigenvalue weighted by atomic mass is 9.98. The van der Waals surface area contributed by atoms with Crippen LogP contribution >= 0.6 is 0 Å². The second-order valence-corrected chi connectivity index (χ2v) is 9.79. The van der Waals surface area contributed by atoms with Crippen LogP contribution in [0.25, 0.3) is 0 Å². The van der Waals surface area contributed by atoms with E-state index in [1.807, 2.05) is 27.7 Å². The number of aliphatic hydroxyl groups is 2. The fourth-order valence-corrected chi connectivity index (χ4v) is 2.86. The minimum absolute atomic E-state index is 0.0648. The van der Waals surface area contributed by atoms with Gasteiger partial charge in [0.05, 0.1) is 9.79 Å². The summed E-state index contributed by atoms with van der Waals surface area (Å²) in [5.41, 5.74) is 1.91. The Balaban J connectivity index is 0.000000428. The molecule has 0 atom stereocenters. The van der Waals surface area contributed by atoms with Crippen LogP contribution in [0.3, 0.4) is 0 Å². The van der Waals surface area contributed by atoms with E-state index in [2.05, 4.69) is 0 Å². The molecule has 0 fully saturated rings. The Hall–Kier alpha value is -1.82. The molecule has 0 saturated heterocycles. The molecule has 0 spiro atoms. The van der Waals surface area contributed by atoms with Gasteiger partial charge in [-0.15, -0.1) is 0 Å². The Morgan fingerprint density at radius 1 is 0.667 bits per heavy atom. The van der Waals surface area contributed by atoms with Gasteiger partial charge >= 0.3 is 0 Å². The highest BCUT2D eigenvalue weighted by molar-refractivity contribution is 7.86. The van der Waals surface area contributed by atoms with Crippen LogP contribution in [0.15, 0.2) is 58.3 Å². The molecule has 0 saturated carbocycles. The number of rotatable bonds is 5. The Kier molecular flexibility index (Phi) is 12.0. The van der Waals surface area contributed by atoms with E-state index in [4.69, 9.17) is 19.3 Å². The first-order chi connectivity index (χ1) is 13.7. The number of aliphatic hydroxyl groups excluding tert-OH is 2. The highest BCUT2D eigenvalue weighted by Gasteiger charge is 2.09. The maximum absolute atomic E-state index is 10.5. The molecular formula is C20H30O8S2. The highest BCUT2D eigenvalue weighted by Crippen LogP contribution is 2.09. The molecule has 0 aliphatic carbocycles. The molecule has 30 heavy (non-hydrogen) atoms. The Morgan fingerprint density at radius 3 is 1.07 bits per heavy atom. The second kappa shape index (κ2) is 12.8. The van der Waals surface area contributed by atoms with Crippen molar-refractivity contribution >= 4 is 20.2 Å². The lowest BCUT2D eigenvalue weighted by Gasteiger charge is -2.13. The van der Waals surface area contributed by atoms with Crippen molar-refractivity contribution in [2.75, 3.05) is 13.2 Å². The lowest BCUT2D eigenvalue weighted by Crippen LogP contribution is -2.17. The molecule has 0 amide bonds. The number of aryl methyl sites for hydroxylation is 2. The van der Waals surface area contributed by atoms with Crippen molar-refractivity contribution < 1.29 is 36.2 Å². The first-order valence-electron chi connectivity index (χ1n) is 9.02. The van der Waals surface area contributed by atoms with Crippen LogP contribution in [-0.4, -0.2) is 49.4 Å². The summed E-state index contributed by atoms with van der Waals surface area (Å²) in [4.78, 5) is -0.133.